The number of rotatable bonds is 39. The number of hydrogen-bond donors (Lipinski definition) is 1. The van der Waals surface area contributed by atoms with Crippen LogP contribution in [0.4, 0.5) is 0 Å². The molecule has 0 aromatic heterocycles. The quantitative estimate of drug-likeness (QED) is 0.0522. The molecule has 0 aromatic rings. The Morgan fingerprint density at radius 1 is 0.404 bits per heavy atom. The Balaban J connectivity index is 3.42. The third-order valence-electron chi connectivity index (χ3n) is 9.65. The van der Waals surface area contributed by atoms with Crippen molar-refractivity contribution in [3.8, 4) is 0 Å². The first kappa shape index (κ1) is 45.9. The number of aliphatic hydroxyl groups excluding tert-OH is 1. The maximum atomic E-state index is 12.2. The average molecular weight is 667 g/mol. The molecule has 47 heavy (non-hydrogen) atoms. The molecular formula is C42H82O5. The fourth-order valence-corrected chi connectivity index (χ4v) is 6.44. The predicted octanol–water partition coefficient (Wildman–Crippen LogP) is 13.1. The second-order valence-corrected chi connectivity index (χ2v) is 14.4. The van der Waals surface area contributed by atoms with Crippen molar-refractivity contribution in [2.45, 2.75) is 245 Å². The predicted molar refractivity (Wildman–Crippen MR) is 201 cm³/mol. The SMILES string of the molecule is CCCCCCCCCCCCCCCCCCCCCCCCCC(=O)OC(CO)COC(=O)CCCCCCCCCCCC. The van der Waals surface area contributed by atoms with E-state index in [-0.39, 0.29) is 25.2 Å². The van der Waals surface area contributed by atoms with Crippen molar-refractivity contribution in [1.82, 2.24) is 0 Å². The third kappa shape index (κ3) is 37.6. The van der Waals surface area contributed by atoms with Crippen LogP contribution in [0.3, 0.4) is 0 Å². The van der Waals surface area contributed by atoms with Gasteiger partial charge in [-0.1, -0.05) is 213 Å². The van der Waals surface area contributed by atoms with Crippen molar-refractivity contribution >= 4 is 11.9 Å². The Morgan fingerprint density at radius 2 is 0.660 bits per heavy atom. The Labute approximate surface area is 293 Å². The summed E-state index contributed by atoms with van der Waals surface area (Å²) in [5.41, 5.74) is 0. The lowest BCUT2D eigenvalue weighted by atomic mass is 10.0. The van der Waals surface area contributed by atoms with Gasteiger partial charge < -0.3 is 14.6 Å². The number of aliphatic hydroxyl groups is 1. The Kier molecular flexibility index (Phi) is 38.4. The van der Waals surface area contributed by atoms with Crippen LogP contribution in [-0.4, -0.2) is 36.4 Å². The summed E-state index contributed by atoms with van der Waals surface area (Å²) in [5.74, 6) is -0.577. The van der Waals surface area contributed by atoms with Crippen LogP contribution in [-0.2, 0) is 19.1 Å². The van der Waals surface area contributed by atoms with Gasteiger partial charge in [0.05, 0.1) is 6.61 Å². The van der Waals surface area contributed by atoms with Crippen LogP contribution in [0.1, 0.15) is 239 Å². The molecule has 0 saturated carbocycles. The van der Waals surface area contributed by atoms with Crippen LogP contribution < -0.4 is 0 Å². The van der Waals surface area contributed by atoms with E-state index < -0.39 is 6.10 Å². The molecule has 0 amide bonds. The zero-order chi connectivity index (χ0) is 34.3. The van der Waals surface area contributed by atoms with E-state index in [4.69, 9.17) is 9.47 Å². The van der Waals surface area contributed by atoms with Crippen molar-refractivity contribution in [1.29, 1.82) is 0 Å². The Morgan fingerprint density at radius 3 is 0.936 bits per heavy atom. The molecule has 0 aliphatic carbocycles. The molecular weight excluding hydrogens is 584 g/mol. The van der Waals surface area contributed by atoms with Gasteiger partial charge in [0.15, 0.2) is 6.10 Å². The first-order valence-corrected chi connectivity index (χ1v) is 21.1. The van der Waals surface area contributed by atoms with Crippen LogP contribution in [0.15, 0.2) is 0 Å². The molecule has 0 aromatic carbocycles. The summed E-state index contributed by atoms with van der Waals surface area (Å²) >= 11 is 0. The van der Waals surface area contributed by atoms with E-state index in [0.717, 1.165) is 38.5 Å². The van der Waals surface area contributed by atoms with E-state index in [1.807, 2.05) is 0 Å². The largest absolute Gasteiger partial charge is 0.462 e. The number of ether oxygens (including phenoxy) is 2. The van der Waals surface area contributed by atoms with Crippen LogP contribution >= 0.6 is 0 Å². The second-order valence-electron chi connectivity index (χ2n) is 14.4. The van der Waals surface area contributed by atoms with Crippen LogP contribution in [0.25, 0.3) is 0 Å². The summed E-state index contributed by atoms with van der Waals surface area (Å²) in [6, 6.07) is 0. The highest BCUT2D eigenvalue weighted by Gasteiger charge is 2.16. The van der Waals surface area contributed by atoms with Gasteiger partial charge in [-0.05, 0) is 12.8 Å². The zero-order valence-corrected chi connectivity index (χ0v) is 31.8. The molecule has 0 bridgehead atoms. The van der Waals surface area contributed by atoms with Gasteiger partial charge in [0.25, 0.3) is 0 Å². The number of carbonyl (C=O) groups excluding carboxylic acids is 2. The van der Waals surface area contributed by atoms with Gasteiger partial charge in [0.1, 0.15) is 6.61 Å². The van der Waals surface area contributed by atoms with Gasteiger partial charge in [-0.25, -0.2) is 0 Å². The average Bonchev–Trinajstić information content (AvgIpc) is 3.07. The molecule has 5 heteroatoms. The number of unbranched alkanes of at least 4 members (excludes halogenated alkanes) is 31. The van der Waals surface area contributed by atoms with E-state index >= 15 is 0 Å². The van der Waals surface area contributed by atoms with Gasteiger partial charge in [-0.2, -0.15) is 0 Å². The molecule has 0 radical (unpaired) electrons. The lowest BCUT2D eigenvalue weighted by molar-refractivity contribution is -0.161. The first-order valence-electron chi connectivity index (χ1n) is 21.1. The van der Waals surface area contributed by atoms with Gasteiger partial charge >= 0.3 is 11.9 Å². The van der Waals surface area contributed by atoms with Crippen LogP contribution in [0.2, 0.25) is 0 Å². The lowest BCUT2D eigenvalue weighted by Gasteiger charge is -2.15. The summed E-state index contributed by atoms with van der Waals surface area (Å²) < 4.78 is 10.6. The Hall–Kier alpha value is -1.10. The first-order chi connectivity index (χ1) is 23.1. The van der Waals surface area contributed by atoms with Crippen molar-refractivity contribution < 1.29 is 24.2 Å². The summed E-state index contributed by atoms with van der Waals surface area (Å²) in [5, 5.41) is 9.54. The van der Waals surface area contributed by atoms with Crippen LogP contribution in [0, 0.1) is 0 Å². The van der Waals surface area contributed by atoms with E-state index in [0.29, 0.717) is 12.8 Å². The fraction of sp³-hybridized carbons (Fsp3) is 0.952. The van der Waals surface area contributed by atoms with Gasteiger partial charge in [0.2, 0.25) is 0 Å². The smallest absolute Gasteiger partial charge is 0.306 e. The standard InChI is InChI=1S/C42H82O5/c1-3-5-7-9-11-13-15-16-17-18-19-20-21-22-23-24-25-26-27-29-31-33-35-37-42(45)47-40(38-43)39-46-41(44)36-34-32-30-28-14-12-10-8-6-4-2/h40,43H,3-39H2,1-2H3. The van der Waals surface area contributed by atoms with E-state index in [1.165, 1.54) is 173 Å². The molecule has 0 aliphatic heterocycles. The van der Waals surface area contributed by atoms with Crippen LogP contribution in [0.5, 0.6) is 0 Å². The molecule has 1 N–H and O–H groups in total. The van der Waals surface area contributed by atoms with Crippen molar-refractivity contribution in [3.63, 3.8) is 0 Å². The minimum atomic E-state index is -0.760. The highest BCUT2D eigenvalue weighted by Crippen LogP contribution is 2.16. The highest BCUT2D eigenvalue weighted by atomic mass is 16.6. The fourth-order valence-electron chi connectivity index (χ4n) is 6.44. The molecule has 0 rings (SSSR count). The monoisotopic (exact) mass is 667 g/mol. The van der Waals surface area contributed by atoms with Gasteiger partial charge in [-0.3, -0.25) is 9.59 Å². The molecule has 0 heterocycles. The van der Waals surface area contributed by atoms with E-state index in [2.05, 4.69) is 13.8 Å². The second kappa shape index (κ2) is 39.3. The minimum Gasteiger partial charge on any atom is -0.462 e. The molecule has 0 aliphatic rings. The van der Waals surface area contributed by atoms with Crippen molar-refractivity contribution in [2.75, 3.05) is 13.2 Å². The third-order valence-corrected chi connectivity index (χ3v) is 9.65. The molecule has 5 nitrogen and oxygen atoms in total. The molecule has 0 fully saturated rings. The minimum absolute atomic E-state index is 0.0573. The zero-order valence-electron chi connectivity index (χ0n) is 31.8. The lowest BCUT2D eigenvalue weighted by Crippen LogP contribution is -2.28. The summed E-state index contributed by atoms with van der Waals surface area (Å²) in [4.78, 5) is 24.2. The number of hydrogen-bond acceptors (Lipinski definition) is 5. The van der Waals surface area contributed by atoms with Gasteiger partial charge in [-0.15, -0.1) is 0 Å². The molecule has 1 atom stereocenters. The van der Waals surface area contributed by atoms with Crippen molar-refractivity contribution in [3.05, 3.63) is 0 Å². The highest BCUT2D eigenvalue weighted by molar-refractivity contribution is 5.70. The summed E-state index contributed by atoms with van der Waals surface area (Å²) in [6.45, 7) is 4.15. The number of esters is 2. The maximum absolute atomic E-state index is 12.2. The molecule has 0 saturated heterocycles. The summed E-state index contributed by atoms with van der Waals surface area (Å²) in [6.07, 6.45) is 43.3. The Bertz CT molecular complexity index is 637. The summed E-state index contributed by atoms with van der Waals surface area (Å²) in [7, 11) is 0. The number of carbonyl (C=O) groups is 2. The molecule has 1 unspecified atom stereocenters. The van der Waals surface area contributed by atoms with E-state index in [1.54, 1.807) is 0 Å². The van der Waals surface area contributed by atoms with Crippen molar-refractivity contribution in [2.24, 2.45) is 0 Å². The maximum Gasteiger partial charge on any atom is 0.306 e. The normalized spacial score (nSPS) is 12.0. The molecule has 280 valence electrons. The topological polar surface area (TPSA) is 72.8 Å². The molecule has 0 spiro atoms. The van der Waals surface area contributed by atoms with E-state index in [9.17, 15) is 14.7 Å². The van der Waals surface area contributed by atoms with Gasteiger partial charge in [0, 0.05) is 12.8 Å².